The lowest BCUT2D eigenvalue weighted by Crippen LogP contribution is -2.30. The Kier molecular flexibility index (Phi) is 5.79. The maximum Gasteiger partial charge on any atom is 0.246 e. The van der Waals surface area contributed by atoms with Crippen molar-refractivity contribution in [3.05, 3.63) is 18.2 Å². The average Bonchev–Trinajstić information content (AvgIpc) is 2.38. The lowest BCUT2D eigenvalue weighted by Gasteiger charge is -2.20. The van der Waals surface area contributed by atoms with Gasteiger partial charge in [0.25, 0.3) is 0 Å². The highest BCUT2D eigenvalue weighted by Gasteiger charge is 2.24. The van der Waals surface area contributed by atoms with Crippen molar-refractivity contribution in [1.29, 1.82) is 0 Å². The summed E-state index contributed by atoms with van der Waals surface area (Å²) in [6.45, 7) is 1.27. The van der Waals surface area contributed by atoms with Gasteiger partial charge in [-0.25, -0.2) is 12.7 Å². The lowest BCUT2D eigenvalue weighted by molar-refractivity contribution is 0.367. The molecular weight excluding hydrogens is 278 g/mol. The summed E-state index contributed by atoms with van der Waals surface area (Å²) in [4.78, 5) is 2.12. The second-order valence-corrected chi connectivity index (χ2v) is 6.91. The van der Waals surface area contributed by atoms with Gasteiger partial charge >= 0.3 is 0 Å². The maximum atomic E-state index is 12.5. The number of nitrogens with zero attached hydrogens (tertiary/aromatic N) is 2. The number of rotatable bonds is 7. The smallest absolute Gasteiger partial charge is 0.246 e. The fourth-order valence-electron chi connectivity index (χ4n) is 1.79. The molecule has 7 heteroatoms. The van der Waals surface area contributed by atoms with Gasteiger partial charge in [0.05, 0.1) is 7.11 Å². The summed E-state index contributed by atoms with van der Waals surface area (Å²) in [5, 5.41) is 0. The molecule has 20 heavy (non-hydrogen) atoms. The Bertz CT molecular complexity index is 544. The molecule has 114 valence electrons. The number of methoxy groups -OCH3 is 1. The van der Waals surface area contributed by atoms with Crippen LogP contribution in [0.5, 0.6) is 5.75 Å². The molecule has 0 aliphatic heterocycles. The molecule has 0 fully saturated rings. The molecule has 0 aromatic heterocycles. The number of benzene rings is 1. The summed E-state index contributed by atoms with van der Waals surface area (Å²) in [6, 6.07) is 4.61. The SMILES string of the molecule is COc1ccc(N)cc1S(=O)(=O)N(C)CCCN(C)C. The third-order valence-electron chi connectivity index (χ3n) is 2.95. The van der Waals surface area contributed by atoms with Crippen LogP contribution in [0.4, 0.5) is 5.69 Å². The fourth-order valence-corrected chi connectivity index (χ4v) is 3.19. The van der Waals surface area contributed by atoms with E-state index in [1.807, 2.05) is 19.0 Å². The molecule has 0 unspecified atom stereocenters. The van der Waals surface area contributed by atoms with E-state index in [-0.39, 0.29) is 4.90 Å². The molecule has 0 saturated carbocycles. The summed E-state index contributed by atoms with van der Waals surface area (Å²) in [5.41, 5.74) is 6.07. The third-order valence-corrected chi connectivity index (χ3v) is 4.83. The van der Waals surface area contributed by atoms with Crippen molar-refractivity contribution in [2.45, 2.75) is 11.3 Å². The van der Waals surface area contributed by atoms with Gasteiger partial charge < -0.3 is 15.4 Å². The van der Waals surface area contributed by atoms with E-state index in [1.165, 1.54) is 17.5 Å². The molecule has 6 nitrogen and oxygen atoms in total. The maximum absolute atomic E-state index is 12.5. The molecule has 0 heterocycles. The molecule has 0 aliphatic carbocycles. The van der Waals surface area contributed by atoms with Crippen LogP contribution >= 0.6 is 0 Å². The Hall–Kier alpha value is -1.31. The molecule has 1 rings (SSSR count). The Morgan fingerprint density at radius 1 is 1.20 bits per heavy atom. The second-order valence-electron chi connectivity index (χ2n) is 4.89. The van der Waals surface area contributed by atoms with Crippen molar-refractivity contribution < 1.29 is 13.2 Å². The van der Waals surface area contributed by atoms with Gasteiger partial charge in [0, 0.05) is 19.3 Å². The number of anilines is 1. The number of sulfonamides is 1. The van der Waals surface area contributed by atoms with Gasteiger partial charge in [-0.15, -0.1) is 0 Å². The molecule has 0 radical (unpaired) electrons. The monoisotopic (exact) mass is 301 g/mol. The van der Waals surface area contributed by atoms with Crippen molar-refractivity contribution >= 4 is 15.7 Å². The molecule has 0 spiro atoms. The highest BCUT2D eigenvalue weighted by atomic mass is 32.2. The number of hydrogen-bond acceptors (Lipinski definition) is 5. The number of hydrogen-bond donors (Lipinski definition) is 1. The second kappa shape index (κ2) is 6.92. The van der Waals surface area contributed by atoms with Crippen molar-refractivity contribution in [1.82, 2.24) is 9.21 Å². The molecule has 0 amide bonds. The van der Waals surface area contributed by atoms with Crippen LogP contribution in [0.3, 0.4) is 0 Å². The van der Waals surface area contributed by atoms with Gasteiger partial charge in [-0.1, -0.05) is 0 Å². The first-order chi connectivity index (χ1) is 9.28. The third kappa shape index (κ3) is 4.09. The van der Waals surface area contributed by atoms with E-state index in [0.29, 0.717) is 18.0 Å². The van der Waals surface area contributed by atoms with Crippen molar-refractivity contribution in [3.8, 4) is 5.75 Å². The van der Waals surface area contributed by atoms with Crippen LogP contribution in [0.2, 0.25) is 0 Å². The molecule has 1 aromatic rings. The molecule has 0 bridgehead atoms. The minimum Gasteiger partial charge on any atom is -0.495 e. The molecular formula is C13H23N3O3S. The highest BCUT2D eigenvalue weighted by molar-refractivity contribution is 7.89. The zero-order chi connectivity index (χ0) is 15.3. The zero-order valence-corrected chi connectivity index (χ0v) is 13.3. The minimum absolute atomic E-state index is 0.104. The van der Waals surface area contributed by atoms with Crippen LogP contribution in [0, 0.1) is 0 Å². The summed E-state index contributed by atoms with van der Waals surface area (Å²) in [6.07, 6.45) is 0.757. The van der Waals surface area contributed by atoms with Crippen LogP contribution in [-0.4, -0.2) is 59.0 Å². The van der Waals surface area contributed by atoms with E-state index in [4.69, 9.17) is 10.5 Å². The van der Waals surface area contributed by atoms with Gasteiger partial charge in [-0.2, -0.15) is 0 Å². The molecule has 0 aliphatic rings. The predicted octanol–water partition coefficient (Wildman–Crippen LogP) is 0.850. The summed E-state index contributed by atoms with van der Waals surface area (Å²) in [7, 11) is 3.32. The van der Waals surface area contributed by atoms with E-state index < -0.39 is 10.0 Å². The van der Waals surface area contributed by atoms with Crippen molar-refractivity contribution in [2.75, 3.05) is 47.1 Å². The van der Waals surface area contributed by atoms with Crippen LogP contribution in [-0.2, 0) is 10.0 Å². The van der Waals surface area contributed by atoms with E-state index in [0.717, 1.165) is 13.0 Å². The van der Waals surface area contributed by atoms with Gasteiger partial charge in [0.2, 0.25) is 10.0 Å². The molecule has 0 atom stereocenters. The molecule has 2 N–H and O–H groups in total. The van der Waals surface area contributed by atoms with Gasteiger partial charge in [0.15, 0.2) is 0 Å². The Morgan fingerprint density at radius 3 is 2.40 bits per heavy atom. The van der Waals surface area contributed by atoms with Crippen molar-refractivity contribution in [2.24, 2.45) is 0 Å². The predicted molar refractivity (Wildman–Crippen MR) is 80.4 cm³/mol. The van der Waals surface area contributed by atoms with Crippen LogP contribution in [0.15, 0.2) is 23.1 Å². The van der Waals surface area contributed by atoms with E-state index in [2.05, 4.69) is 0 Å². The standard InChI is InChI=1S/C13H23N3O3S/c1-15(2)8-5-9-16(3)20(17,18)13-10-11(14)6-7-12(13)19-4/h6-7,10H,5,8-9,14H2,1-4H3. The number of ether oxygens (including phenoxy) is 1. The topological polar surface area (TPSA) is 75.9 Å². The fraction of sp³-hybridized carbons (Fsp3) is 0.538. The van der Waals surface area contributed by atoms with E-state index >= 15 is 0 Å². The first-order valence-corrected chi connectivity index (χ1v) is 7.77. The number of nitrogens with two attached hydrogens (primary N) is 1. The van der Waals surface area contributed by atoms with E-state index in [1.54, 1.807) is 19.2 Å². The van der Waals surface area contributed by atoms with E-state index in [9.17, 15) is 8.42 Å². The molecule has 0 saturated heterocycles. The normalized spacial score (nSPS) is 12.1. The summed E-state index contributed by atoms with van der Waals surface area (Å²) >= 11 is 0. The average molecular weight is 301 g/mol. The first-order valence-electron chi connectivity index (χ1n) is 6.33. The minimum atomic E-state index is -3.59. The Labute approximate surface area is 121 Å². The Morgan fingerprint density at radius 2 is 1.85 bits per heavy atom. The van der Waals surface area contributed by atoms with Gasteiger partial charge in [0.1, 0.15) is 10.6 Å². The summed E-state index contributed by atoms with van der Waals surface area (Å²) < 4.78 is 31.5. The first kappa shape index (κ1) is 16.7. The Balaban J connectivity index is 2.95. The van der Waals surface area contributed by atoms with Crippen LogP contribution in [0.25, 0.3) is 0 Å². The van der Waals surface area contributed by atoms with Crippen LogP contribution in [0.1, 0.15) is 6.42 Å². The van der Waals surface area contributed by atoms with Crippen molar-refractivity contribution in [3.63, 3.8) is 0 Å². The van der Waals surface area contributed by atoms with Gasteiger partial charge in [-0.05, 0) is 45.3 Å². The lowest BCUT2D eigenvalue weighted by atomic mass is 10.3. The summed E-state index contributed by atoms with van der Waals surface area (Å²) in [5.74, 6) is 0.304. The quantitative estimate of drug-likeness (QED) is 0.756. The zero-order valence-electron chi connectivity index (χ0n) is 12.5. The molecule has 1 aromatic carbocycles. The highest BCUT2D eigenvalue weighted by Crippen LogP contribution is 2.28. The van der Waals surface area contributed by atoms with Gasteiger partial charge in [-0.3, -0.25) is 0 Å². The largest absolute Gasteiger partial charge is 0.495 e. The van der Waals surface area contributed by atoms with Crippen LogP contribution < -0.4 is 10.5 Å². The number of nitrogen functional groups attached to an aromatic ring is 1.